The number of pyridine rings is 1. The number of carboxylic acid groups (broad SMARTS) is 1. The number of hydrogen-bond acceptors (Lipinski definition) is 8. The number of anilines is 2. The van der Waals surface area contributed by atoms with Gasteiger partial charge in [-0.2, -0.15) is 5.10 Å². The second-order valence-electron chi connectivity index (χ2n) is 10.9. The van der Waals surface area contributed by atoms with E-state index in [1.807, 2.05) is 64.3 Å². The summed E-state index contributed by atoms with van der Waals surface area (Å²) in [5.41, 5.74) is 4.60. The number of fused-ring (bicyclic) bond motifs is 2. The van der Waals surface area contributed by atoms with Crippen molar-refractivity contribution in [1.29, 1.82) is 0 Å². The first kappa shape index (κ1) is 27.2. The molecule has 2 aliphatic heterocycles. The van der Waals surface area contributed by atoms with E-state index in [2.05, 4.69) is 20.4 Å². The first-order valence-electron chi connectivity index (χ1n) is 14.4. The molecular formula is C32H30N6O4S. The van der Waals surface area contributed by atoms with Crippen LogP contribution in [-0.4, -0.2) is 56.0 Å². The van der Waals surface area contributed by atoms with Gasteiger partial charge in [-0.1, -0.05) is 35.6 Å². The van der Waals surface area contributed by atoms with Crippen LogP contribution < -0.4 is 10.2 Å². The van der Waals surface area contributed by atoms with Crippen molar-refractivity contribution in [3.63, 3.8) is 0 Å². The lowest BCUT2D eigenvalue weighted by Gasteiger charge is -2.31. The van der Waals surface area contributed by atoms with Crippen LogP contribution in [0.4, 0.5) is 10.9 Å². The topological polar surface area (TPSA) is 122 Å². The number of carbonyl (C=O) groups is 2. The molecule has 1 amide bonds. The first-order chi connectivity index (χ1) is 21.0. The molecule has 2 aromatic carbocycles. The largest absolute Gasteiger partial charge is 0.476 e. The molecular weight excluding hydrogens is 564 g/mol. The summed E-state index contributed by atoms with van der Waals surface area (Å²) in [6.07, 6.45) is 7.59. The number of carboxylic acids is 1. The van der Waals surface area contributed by atoms with Gasteiger partial charge < -0.3 is 14.7 Å². The number of hydrogen-bond donors (Lipinski definition) is 2. The molecule has 3 aromatic heterocycles. The highest BCUT2D eigenvalue weighted by atomic mass is 32.1. The van der Waals surface area contributed by atoms with E-state index in [4.69, 9.17) is 4.74 Å². The summed E-state index contributed by atoms with van der Waals surface area (Å²) < 4.78 is 8.65. The minimum Gasteiger partial charge on any atom is -0.476 e. The number of aromatic nitrogens is 4. The fourth-order valence-electron chi connectivity index (χ4n) is 5.86. The Morgan fingerprint density at radius 1 is 1.07 bits per heavy atom. The number of para-hydroxylation sites is 1. The van der Waals surface area contributed by atoms with Crippen LogP contribution in [0.2, 0.25) is 0 Å². The van der Waals surface area contributed by atoms with Gasteiger partial charge in [0.1, 0.15) is 5.82 Å². The van der Waals surface area contributed by atoms with E-state index >= 15 is 0 Å². The average Bonchev–Trinajstić information content (AvgIpc) is 3.67. The number of nitrogens with one attached hydrogen (secondary N) is 1. The van der Waals surface area contributed by atoms with Crippen molar-refractivity contribution in [3.8, 4) is 11.1 Å². The Bertz CT molecular complexity index is 1790. The molecule has 2 aliphatic rings. The molecule has 5 heterocycles. The van der Waals surface area contributed by atoms with Crippen molar-refractivity contribution in [3.05, 3.63) is 89.4 Å². The Morgan fingerprint density at radius 3 is 2.81 bits per heavy atom. The predicted molar refractivity (Wildman–Crippen MR) is 165 cm³/mol. The van der Waals surface area contributed by atoms with Gasteiger partial charge in [-0.25, -0.2) is 14.8 Å². The van der Waals surface area contributed by atoms with Crippen LogP contribution in [0.1, 0.15) is 51.2 Å². The summed E-state index contributed by atoms with van der Waals surface area (Å²) in [6, 6.07) is 17.2. The molecule has 218 valence electrons. The molecule has 0 aliphatic carbocycles. The van der Waals surface area contributed by atoms with E-state index in [0.717, 1.165) is 47.2 Å². The molecule has 0 spiro atoms. The zero-order valence-electron chi connectivity index (χ0n) is 23.4. The molecule has 1 unspecified atom stereocenters. The van der Waals surface area contributed by atoms with Crippen LogP contribution in [0.15, 0.2) is 67.0 Å². The van der Waals surface area contributed by atoms with Crippen LogP contribution >= 0.6 is 11.3 Å². The van der Waals surface area contributed by atoms with Gasteiger partial charge in [-0.15, -0.1) is 0 Å². The van der Waals surface area contributed by atoms with E-state index in [-0.39, 0.29) is 17.7 Å². The first-order valence-corrected chi connectivity index (χ1v) is 15.2. The predicted octanol–water partition coefficient (Wildman–Crippen LogP) is 5.64. The molecule has 11 heteroatoms. The normalized spacial score (nSPS) is 16.7. The maximum atomic E-state index is 13.4. The lowest BCUT2D eigenvalue weighted by molar-refractivity contribution is 0.00400. The van der Waals surface area contributed by atoms with Gasteiger partial charge in [0.2, 0.25) is 0 Å². The van der Waals surface area contributed by atoms with Gasteiger partial charge in [-0.3, -0.25) is 14.8 Å². The lowest BCUT2D eigenvalue weighted by atomic mass is 9.94. The molecule has 43 heavy (non-hydrogen) atoms. The highest BCUT2D eigenvalue weighted by Gasteiger charge is 2.25. The Kier molecular flexibility index (Phi) is 7.33. The van der Waals surface area contributed by atoms with Crippen molar-refractivity contribution < 1.29 is 19.4 Å². The van der Waals surface area contributed by atoms with Crippen molar-refractivity contribution in [2.75, 3.05) is 23.4 Å². The van der Waals surface area contributed by atoms with Crippen LogP contribution in [0.5, 0.6) is 0 Å². The van der Waals surface area contributed by atoms with Gasteiger partial charge in [0.05, 0.1) is 29.1 Å². The van der Waals surface area contributed by atoms with E-state index < -0.39 is 5.97 Å². The van der Waals surface area contributed by atoms with Crippen LogP contribution in [0, 0.1) is 0 Å². The number of ether oxygens (including phenoxy) is 1. The van der Waals surface area contributed by atoms with Crippen molar-refractivity contribution >= 4 is 44.4 Å². The van der Waals surface area contributed by atoms with Crippen LogP contribution in [-0.2, 0) is 24.2 Å². The highest BCUT2D eigenvalue weighted by molar-refractivity contribution is 7.22. The van der Waals surface area contributed by atoms with Gasteiger partial charge in [0.15, 0.2) is 10.8 Å². The Hall–Kier alpha value is -4.61. The number of rotatable bonds is 7. The molecule has 1 atom stereocenters. The molecule has 1 fully saturated rings. The maximum absolute atomic E-state index is 13.4. The van der Waals surface area contributed by atoms with Crippen LogP contribution in [0.25, 0.3) is 21.3 Å². The summed E-state index contributed by atoms with van der Waals surface area (Å²) in [7, 11) is 0. The molecule has 0 saturated carbocycles. The number of carbonyl (C=O) groups excluding carboxylic acids is 1. The third-order valence-corrected chi connectivity index (χ3v) is 9.00. The minimum absolute atomic E-state index is 0.0290. The second kappa shape index (κ2) is 11.6. The minimum atomic E-state index is -1.10. The number of nitrogens with zero attached hydrogens (tertiary/aromatic N) is 5. The Balaban J connectivity index is 1.12. The Labute approximate surface area is 252 Å². The van der Waals surface area contributed by atoms with Gasteiger partial charge >= 0.3 is 5.97 Å². The summed E-state index contributed by atoms with van der Waals surface area (Å²) in [4.78, 5) is 36.9. The zero-order chi connectivity index (χ0) is 29.3. The Morgan fingerprint density at radius 2 is 1.98 bits per heavy atom. The fourth-order valence-corrected chi connectivity index (χ4v) is 6.72. The summed E-state index contributed by atoms with van der Waals surface area (Å²) in [5.74, 6) is -0.771. The number of amides is 1. The van der Waals surface area contributed by atoms with E-state index in [1.54, 1.807) is 12.3 Å². The molecule has 2 N–H and O–H groups in total. The fraction of sp³-hybridized carbons (Fsp3) is 0.281. The van der Waals surface area contributed by atoms with Crippen molar-refractivity contribution in [2.45, 2.75) is 44.9 Å². The van der Waals surface area contributed by atoms with E-state index in [9.17, 15) is 14.7 Å². The molecule has 0 bridgehead atoms. The quantitative estimate of drug-likeness (QED) is 0.248. The van der Waals surface area contributed by atoms with Gasteiger partial charge in [0, 0.05) is 42.6 Å². The molecule has 1 saturated heterocycles. The molecule has 5 aromatic rings. The van der Waals surface area contributed by atoms with Crippen LogP contribution in [0.3, 0.4) is 0 Å². The third kappa shape index (κ3) is 5.61. The van der Waals surface area contributed by atoms with Crippen molar-refractivity contribution in [2.24, 2.45) is 0 Å². The summed E-state index contributed by atoms with van der Waals surface area (Å²) in [5, 5.41) is 18.1. The van der Waals surface area contributed by atoms with Gasteiger partial charge in [0.25, 0.3) is 5.91 Å². The monoisotopic (exact) mass is 594 g/mol. The SMILES string of the molecule is O=C(Nc1nc2ccccc2s1)c1cccc2c1CN(c1ccc(-c3cnn(CC4CCCCO4)c3)c(C(=O)O)n1)CC2. The smallest absolute Gasteiger partial charge is 0.355 e. The van der Waals surface area contributed by atoms with Crippen molar-refractivity contribution in [1.82, 2.24) is 19.7 Å². The molecule has 10 nitrogen and oxygen atoms in total. The lowest BCUT2D eigenvalue weighted by Crippen LogP contribution is -2.33. The average molecular weight is 595 g/mol. The summed E-state index contributed by atoms with van der Waals surface area (Å²) >= 11 is 1.44. The number of benzene rings is 2. The van der Waals surface area contributed by atoms with E-state index in [1.165, 1.54) is 11.3 Å². The molecule has 7 rings (SSSR count). The molecule has 0 radical (unpaired) electrons. The number of thiazole rings is 1. The van der Waals surface area contributed by atoms with Gasteiger partial charge in [-0.05, 0) is 67.1 Å². The number of aromatic carboxylic acids is 1. The zero-order valence-corrected chi connectivity index (χ0v) is 24.2. The van der Waals surface area contributed by atoms with E-state index in [0.29, 0.717) is 53.7 Å². The summed E-state index contributed by atoms with van der Waals surface area (Å²) in [6.45, 7) is 2.49. The maximum Gasteiger partial charge on any atom is 0.355 e. The third-order valence-electron chi connectivity index (χ3n) is 8.05. The highest BCUT2D eigenvalue weighted by Crippen LogP contribution is 2.31. The standard InChI is InChI=1S/C32H30N6O4S/c39-30(36-32-34-26-9-1-2-10-27(26)43-32)24-8-5-6-20-13-14-37(19-25(20)24)28-12-11-23(29(35-28)31(40)41)21-16-33-38(17-21)18-22-7-3-4-15-42-22/h1-2,5-6,8-12,16-17,22H,3-4,7,13-15,18-19H2,(H,40,41)(H,34,36,39). The second-order valence-corrected chi connectivity index (χ2v) is 11.9.